The van der Waals surface area contributed by atoms with Crippen LogP contribution in [0.4, 0.5) is 0 Å². The van der Waals surface area contributed by atoms with E-state index in [0.29, 0.717) is 5.92 Å². The summed E-state index contributed by atoms with van der Waals surface area (Å²) in [6.07, 6.45) is 3.36. The summed E-state index contributed by atoms with van der Waals surface area (Å²) < 4.78 is 0. The van der Waals surface area contributed by atoms with Crippen molar-refractivity contribution in [2.75, 3.05) is 0 Å². The smallest absolute Gasteiger partial charge is 0.0134 e. The average Bonchev–Trinajstić information content (AvgIpc) is 2.80. The van der Waals surface area contributed by atoms with E-state index in [1.165, 1.54) is 12.0 Å². The molecule has 0 saturated heterocycles. The van der Waals surface area contributed by atoms with Gasteiger partial charge < -0.3 is 0 Å². The SMILES string of the molecule is C=CC1CC1C(=C)C(C)C(C)C. The topological polar surface area (TPSA) is 0 Å². The highest BCUT2D eigenvalue weighted by Gasteiger charge is 2.38. The predicted octanol–water partition coefficient (Wildman–Crippen LogP) is 3.66. The molecule has 0 amide bonds. The van der Waals surface area contributed by atoms with Crippen molar-refractivity contribution in [2.45, 2.75) is 27.2 Å². The van der Waals surface area contributed by atoms with Crippen LogP contribution < -0.4 is 0 Å². The van der Waals surface area contributed by atoms with Crippen LogP contribution in [0.2, 0.25) is 0 Å². The van der Waals surface area contributed by atoms with Gasteiger partial charge in [-0.3, -0.25) is 0 Å². The van der Waals surface area contributed by atoms with Gasteiger partial charge in [0.2, 0.25) is 0 Å². The van der Waals surface area contributed by atoms with Crippen molar-refractivity contribution in [2.24, 2.45) is 23.7 Å². The summed E-state index contributed by atoms with van der Waals surface area (Å²) in [5.41, 5.74) is 1.44. The first-order valence-corrected chi connectivity index (χ1v) is 4.89. The van der Waals surface area contributed by atoms with Gasteiger partial charge in [0.1, 0.15) is 0 Å². The normalized spacial score (nSPS) is 30.0. The Morgan fingerprint density at radius 2 is 2.00 bits per heavy atom. The van der Waals surface area contributed by atoms with Gasteiger partial charge in [0.05, 0.1) is 0 Å². The summed E-state index contributed by atoms with van der Waals surface area (Å²) in [5.74, 6) is 2.88. The molecule has 1 aliphatic rings. The first-order valence-electron chi connectivity index (χ1n) is 4.89. The molecular formula is C12H20. The summed E-state index contributed by atoms with van der Waals surface area (Å²) in [4.78, 5) is 0. The maximum atomic E-state index is 4.19. The van der Waals surface area contributed by atoms with E-state index in [1.54, 1.807) is 0 Å². The third-order valence-electron chi connectivity index (χ3n) is 3.20. The summed E-state index contributed by atoms with van der Waals surface area (Å²) in [5, 5.41) is 0. The fourth-order valence-electron chi connectivity index (χ4n) is 1.67. The zero-order valence-electron chi connectivity index (χ0n) is 8.51. The molecule has 0 bridgehead atoms. The lowest BCUT2D eigenvalue weighted by molar-refractivity contribution is 0.461. The van der Waals surface area contributed by atoms with E-state index < -0.39 is 0 Å². The zero-order valence-corrected chi connectivity index (χ0v) is 8.51. The molecule has 3 atom stereocenters. The highest BCUT2D eigenvalue weighted by molar-refractivity contribution is 5.18. The number of allylic oxidation sites excluding steroid dienone is 2. The van der Waals surface area contributed by atoms with E-state index in [0.717, 1.165) is 17.8 Å². The van der Waals surface area contributed by atoms with Gasteiger partial charge >= 0.3 is 0 Å². The van der Waals surface area contributed by atoms with Gasteiger partial charge in [-0.2, -0.15) is 0 Å². The van der Waals surface area contributed by atoms with Crippen LogP contribution in [-0.2, 0) is 0 Å². The van der Waals surface area contributed by atoms with Crippen LogP contribution >= 0.6 is 0 Å². The Bertz CT molecular complexity index is 188. The van der Waals surface area contributed by atoms with Gasteiger partial charge in [-0.15, -0.1) is 6.58 Å². The van der Waals surface area contributed by atoms with Crippen LogP contribution in [0.5, 0.6) is 0 Å². The van der Waals surface area contributed by atoms with Crippen molar-refractivity contribution in [3.8, 4) is 0 Å². The van der Waals surface area contributed by atoms with Crippen LogP contribution in [0.15, 0.2) is 24.8 Å². The molecular weight excluding hydrogens is 144 g/mol. The molecule has 0 radical (unpaired) electrons. The molecule has 0 aromatic rings. The molecule has 3 unspecified atom stereocenters. The Morgan fingerprint density at radius 1 is 1.42 bits per heavy atom. The van der Waals surface area contributed by atoms with Crippen LogP contribution in [0.3, 0.4) is 0 Å². The Kier molecular flexibility index (Phi) is 2.76. The third kappa shape index (κ3) is 1.80. The van der Waals surface area contributed by atoms with Gasteiger partial charge in [0.25, 0.3) is 0 Å². The van der Waals surface area contributed by atoms with Crippen LogP contribution in [0, 0.1) is 23.7 Å². The Labute approximate surface area is 76.4 Å². The molecule has 1 saturated carbocycles. The van der Waals surface area contributed by atoms with Crippen molar-refractivity contribution in [1.29, 1.82) is 0 Å². The molecule has 0 heteroatoms. The second kappa shape index (κ2) is 3.47. The third-order valence-corrected chi connectivity index (χ3v) is 3.20. The summed E-state index contributed by atoms with van der Waals surface area (Å²) in [7, 11) is 0. The molecule has 0 nitrogen and oxygen atoms in total. The Balaban J connectivity index is 2.44. The Morgan fingerprint density at radius 3 is 2.33 bits per heavy atom. The van der Waals surface area contributed by atoms with Gasteiger partial charge in [0.15, 0.2) is 0 Å². The maximum Gasteiger partial charge on any atom is -0.0134 e. The molecule has 1 aliphatic carbocycles. The van der Waals surface area contributed by atoms with Crippen LogP contribution in [0.1, 0.15) is 27.2 Å². The minimum Gasteiger partial charge on any atom is -0.103 e. The Hall–Kier alpha value is -0.520. The van der Waals surface area contributed by atoms with Gasteiger partial charge in [0, 0.05) is 0 Å². The van der Waals surface area contributed by atoms with Crippen molar-refractivity contribution in [1.82, 2.24) is 0 Å². The number of rotatable bonds is 4. The molecule has 1 rings (SSSR count). The highest BCUT2D eigenvalue weighted by atomic mass is 14.4. The summed E-state index contributed by atoms with van der Waals surface area (Å²) in [6.45, 7) is 14.8. The van der Waals surface area contributed by atoms with Crippen molar-refractivity contribution < 1.29 is 0 Å². The lowest BCUT2D eigenvalue weighted by Gasteiger charge is -2.18. The standard InChI is InChI=1S/C12H20/c1-6-11-7-12(11)10(5)9(4)8(2)3/h6,8-9,11-12H,1,5,7H2,2-4H3. The molecule has 12 heavy (non-hydrogen) atoms. The van der Waals surface area contributed by atoms with Crippen LogP contribution in [0.25, 0.3) is 0 Å². The van der Waals surface area contributed by atoms with Crippen molar-refractivity contribution in [3.05, 3.63) is 24.8 Å². The lowest BCUT2D eigenvalue weighted by atomic mass is 9.88. The maximum absolute atomic E-state index is 4.19. The molecule has 0 heterocycles. The molecule has 0 aromatic heterocycles. The largest absolute Gasteiger partial charge is 0.103 e. The summed E-state index contributed by atoms with van der Waals surface area (Å²) in [6, 6.07) is 0. The van der Waals surface area contributed by atoms with Gasteiger partial charge in [-0.1, -0.05) is 39.0 Å². The average molecular weight is 164 g/mol. The molecule has 0 aromatic carbocycles. The molecule has 0 N–H and O–H groups in total. The number of hydrogen-bond acceptors (Lipinski definition) is 0. The van der Waals surface area contributed by atoms with E-state index in [1.807, 2.05) is 0 Å². The van der Waals surface area contributed by atoms with Crippen molar-refractivity contribution in [3.63, 3.8) is 0 Å². The molecule has 68 valence electrons. The minimum absolute atomic E-state index is 0.667. The fourth-order valence-corrected chi connectivity index (χ4v) is 1.67. The number of hydrogen-bond donors (Lipinski definition) is 0. The monoisotopic (exact) mass is 164 g/mol. The first-order chi connectivity index (χ1) is 5.57. The quantitative estimate of drug-likeness (QED) is 0.556. The predicted molar refractivity (Wildman–Crippen MR) is 54.9 cm³/mol. The van der Waals surface area contributed by atoms with E-state index in [-0.39, 0.29) is 0 Å². The second-order valence-electron chi connectivity index (χ2n) is 4.35. The minimum atomic E-state index is 0.667. The molecule has 0 spiro atoms. The van der Waals surface area contributed by atoms with Crippen LogP contribution in [-0.4, -0.2) is 0 Å². The zero-order chi connectivity index (χ0) is 9.30. The van der Waals surface area contributed by atoms with E-state index in [2.05, 4.69) is 40.0 Å². The van der Waals surface area contributed by atoms with E-state index >= 15 is 0 Å². The highest BCUT2D eigenvalue weighted by Crippen LogP contribution is 2.47. The lowest BCUT2D eigenvalue weighted by Crippen LogP contribution is -2.08. The molecule has 1 fully saturated rings. The fraction of sp³-hybridized carbons (Fsp3) is 0.667. The summed E-state index contributed by atoms with van der Waals surface area (Å²) >= 11 is 0. The van der Waals surface area contributed by atoms with E-state index in [4.69, 9.17) is 0 Å². The first kappa shape index (κ1) is 9.57. The van der Waals surface area contributed by atoms with Gasteiger partial charge in [-0.25, -0.2) is 0 Å². The van der Waals surface area contributed by atoms with E-state index in [9.17, 15) is 0 Å². The second-order valence-corrected chi connectivity index (χ2v) is 4.35. The van der Waals surface area contributed by atoms with Crippen molar-refractivity contribution >= 4 is 0 Å². The molecule has 0 aliphatic heterocycles. The van der Waals surface area contributed by atoms with Gasteiger partial charge in [-0.05, 0) is 30.1 Å².